The number of allylic oxidation sites excluding steroid dienone is 2. The number of ether oxygens (including phenoxy) is 3. The molecule has 0 aromatic heterocycles. The van der Waals surface area contributed by atoms with Crippen molar-refractivity contribution < 1.29 is 33.4 Å². The van der Waals surface area contributed by atoms with Gasteiger partial charge in [-0.15, -0.1) is 0 Å². The van der Waals surface area contributed by atoms with Crippen LogP contribution in [0.5, 0.6) is 0 Å². The summed E-state index contributed by atoms with van der Waals surface area (Å²) in [4.78, 5) is 50.1. The van der Waals surface area contributed by atoms with Gasteiger partial charge < -0.3 is 24.8 Å². The minimum absolute atomic E-state index is 0.0461. The third kappa shape index (κ3) is 6.60. The second kappa shape index (κ2) is 12.0. The van der Waals surface area contributed by atoms with Crippen LogP contribution >= 0.6 is 0 Å². The van der Waals surface area contributed by atoms with Gasteiger partial charge in [0.25, 0.3) is 5.91 Å². The fraction of sp³-hybridized carbons (Fsp3) is 0.619. The van der Waals surface area contributed by atoms with Gasteiger partial charge in [-0.1, -0.05) is 13.3 Å². The number of carbonyl (C=O) groups is 4. The quantitative estimate of drug-likeness (QED) is 0.402. The molecule has 0 aromatic carbocycles. The van der Waals surface area contributed by atoms with Gasteiger partial charge in [0.2, 0.25) is 0 Å². The van der Waals surface area contributed by atoms with Crippen LogP contribution < -0.4 is 10.6 Å². The minimum Gasteiger partial charge on any atom is -0.463 e. The van der Waals surface area contributed by atoms with Crippen molar-refractivity contribution >= 4 is 23.8 Å². The summed E-state index contributed by atoms with van der Waals surface area (Å²) in [6, 6.07) is -0.0606. The zero-order chi connectivity index (χ0) is 22.8. The summed E-state index contributed by atoms with van der Waals surface area (Å²) in [6.07, 6.45) is 1.69. The zero-order valence-electron chi connectivity index (χ0n) is 18.5. The fourth-order valence-corrected chi connectivity index (χ4v) is 3.23. The average molecular weight is 424 g/mol. The standard InChI is InChI=1S/C21H32N2O7/c1-7-10-12(4)22-15(24)11-30-21(27)18-16(19(25)28-8-2)13(5)23-14(6)17(18)20(26)29-9-3/h12,18,23H,7-11H2,1-6H3,(H,22,24)/t12-/m0/s1. The number of amides is 1. The van der Waals surface area contributed by atoms with E-state index in [2.05, 4.69) is 10.6 Å². The lowest BCUT2D eigenvalue weighted by Crippen LogP contribution is -2.40. The third-order valence-electron chi connectivity index (χ3n) is 4.46. The van der Waals surface area contributed by atoms with Crippen LogP contribution in [0.25, 0.3) is 0 Å². The fourth-order valence-electron chi connectivity index (χ4n) is 3.23. The highest BCUT2D eigenvalue weighted by Crippen LogP contribution is 2.32. The van der Waals surface area contributed by atoms with E-state index in [0.717, 1.165) is 12.8 Å². The molecule has 0 unspecified atom stereocenters. The summed E-state index contributed by atoms with van der Waals surface area (Å²) in [5.74, 6) is -4.22. The van der Waals surface area contributed by atoms with Gasteiger partial charge in [-0.2, -0.15) is 0 Å². The highest BCUT2D eigenvalue weighted by Gasteiger charge is 2.42. The van der Waals surface area contributed by atoms with Gasteiger partial charge in [-0.05, 0) is 41.0 Å². The molecule has 1 amide bonds. The van der Waals surface area contributed by atoms with Crippen molar-refractivity contribution in [2.75, 3.05) is 19.8 Å². The predicted octanol–water partition coefficient (Wildman–Crippen LogP) is 1.73. The lowest BCUT2D eigenvalue weighted by atomic mass is 9.85. The lowest BCUT2D eigenvalue weighted by Gasteiger charge is -2.28. The van der Waals surface area contributed by atoms with E-state index in [4.69, 9.17) is 14.2 Å². The van der Waals surface area contributed by atoms with Gasteiger partial charge in [0.05, 0.1) is 24.4 Å². The first kappa shape index (κ1) is 25.2. The van der Waals surface area contributed by atoms with Crippen LogP contribution in [0.15, 0.2) is 22.5 Å². The van der Waals surface area contributed by atoms with Crippen molar-refractivity contribution in [3.8, 4) is 0 Å². The normalized spacial score (nSPS) is 15.3. The van der Waals surface area contributed by atoms with E-state index in [0.29, 0.717) is 11.4 Å². The van der Waals surface area contributed by atoms with Crippen LogP contribution in [0.2, 0.25) is 0 Å². The summed E-state index contributed by atoms with van der Waals surface area (Å²) < 4.78 is 15.3. The molecule has 0 saturated carbocycles. The SMILES string of the molecule is CCC[C@H](C)NC(=O)COC(=O)C1C(C(=O)OCC)=C(C)NC(C)=C1C(=O)OCC. The van der Waals surface area contributed by atoms with Crippen LogP contribution in [-0.4, -0.2) is 49.7 Å². The van der Waals surface area contributed by atoms with Crippen molar-refractivity contribution in [2.45, 2.75) is 60.4 Å². The molecule has 9 nitrogen and oxygen atoms in total. The Bertz CT molecular complexity index is 700. The largest absolute Gasteiger partial charge is 0.463 e. The number of rotatable bonds is 10. The van der Waals surface area contributed by atoms with Gasteiger partial charge >= 0.3 is 17.9 Å². The molecule has 1 aliphatic rings. The number of hydrogen-bond donors (Lipinski definition) is 2. The van der Waals surface area contributed by atoms with Crippen molar-refractivity contribution in [1.82, 2.24) is 10.6 Å². The molecule has 1 atom stereocenters. The topological polar surface area (TPSA) is 120 Å². The molecule has 0 radical (unpaired) electrons. The van der Waals surface area contributed by atoms with Gasteiger partial charge in [0, 0.05) is 17.4 Å². The summed E-state index contributed by atoms with van der Waals surface area (Å²) >= 11 is 0. The molecule has 0 spiro atoms. The van der Waals surface area contributed by atoms with Crippen molar-refractivity contribution in [3.63, 3.8) is 0 Å². The smallest absolute Gasteiger partial charge is 0.337 e. The molecule has 0 aliphatic carbocycles. The van der Waals surface area contributed by atoms with Crippen molar-refractivity contribution in [2.24, 2.45) is 5.92 Å². The number of esters is 3. The molecule has 1 aliphatic heterocycles. The molecular weight excluding hydrogens is 392 g/mol. The summed E-state index contributed by atoms with van der Waals surface area (Å²) in [5.41, 5.74) is 0.634. The first-order chi connectivity index (χ1) is 14.2. The number of dihydropyridines is 1. The Morgan fingerprint density at radius 1 is 0.933 bits per heavy atom. The Kier molecular flexibility index (Phi) is 10.1. The van der Waals surface area contributed by atoms with Crippen LogP contribution in [-0.2, 0) is 33.4 Å². The Labute approximate surface area is 177 Å². The molecule has 2 N–H and O–H groups in total. The zero-order valence-corrected chi connectivity index (χ0v) is 18.5. The van der Waals surface area contributed by atoms with E-state index in [-0.39, 0.29) is 30.4 Å². The molecule has 0 fully saturated rings. The van der Waals surface area contributed by atoms with E-state index in [1.54, 1.807) is 27.7 Å². The maximum Gasteiger partial charge on any atom is 0.337 e. The summed E-state index contributed by atoms with van der Waals surface area (Å²) in [6.45, 7) is 9.95. The number of carbonyl (C=O) groups excluding carboxylic acids is 4. The van der Waals surface area contributed by atoms with Crippen LogP contribution in [0.1, 0.15) is 54.4 Å². The van der Waals surface area contributed by atoms with Gasteiger partial charge in [-0.25, -0.2) is 9.59 Å². The minimum atomic E-state index is -1.36. The van der Waals surface area contributed by atoms with Crippen LogP contribution in [0, 0.1) is 5.92 Å². The van der Waals surface area contributed by atoms with E-state index in [1.807, 2.05) is 13.8 Å². The maximum absolute atomic E-state index is 12.9. The third-order valence-corrected chi connectivity index (χ3v) is 4.46. The lowest BCUT2D eigenvalue weighted by molar-refractivity contribution is -0.154. The predicted molar refractivity (Wildman–Crippen MR) is 109 cm³/mol. The van der Waals surface area contributed by atoms with Gasteiger partial charge in [-0.3, -0.25) is 9.59 Å². The Balaban J connectivity index is 3.14. The first-order valence-electron chi connectivity index (χ1n) is 10.2. The van der Waals surface area contributed by atoms with Crippen molar-refractivity contribution in [1.29, 1.82) is 0 Å². The molecule has 0 aromatic rings. The number of hydrogen-bond acceptors (Lipinski definition) is 8. The van der Waals surface area contributed by atoms with Gasteiger partial charge in [0.15, 0.2) is 6.61 Å². The van der Waals surface area contributed by atoms with Crippen LogP contribution in [0.3, 0.4) is 0 Å². The monoisotopic (exact) mass is 424 g/mol. The molecule has 1 heterocycles. The van der Waals surface area contributed by atoms with E-state index in [9.17, 15) is 19.2 Å². The van der Waals surface area contributed by atoms with Crippen LogP contribution in [0.4, 0.5) is 0 Å². The summed E-state index contributed by atoms with van der Waals surface area (Å²) in [5, 5.41) is 5.65. The highest BCUT2D eigenvalue weighted by atomic mass is 16.5. The highest BCUT2D eigenvalue weighted by molar-refractivity contribution is 6.05. The number of nitrogens with one attached hydrogen (secondary N) is 2. The molecule has 1 rings (SSSR count). The maximum atomic E-state index is 12.9. The van der Waals surface area contributed by atoms with E-state index >= 15 is 0 Å². The Morgan fingerprint density at radius 3 is 1.87 bits per heavy atom. The Morgan fingerprint density at radius 2 is 1.43 bits per heavy atom. The second-order valence-electron chi connectivity index (χ2n) is 6.94. The van der Waals surface area contributed by atoms with Gasteiger partial charge in [0.1, 0.15) is 5.92 Å². The molecular formula is C21H32N2O7. The molecule has 0 bridgehead atoms. The summed E-state index contributed by atoms with van der Waals surface area (Å²) in [7, 11) is 0. The molecule has 9 heteroatoms. The second-order valence-corrected chi connectivity index (χ2v) is 6.94. The molecule has 168 valence electrons. The first-order valence-corrected chi connectivity index (χ1v) is 10.2. The van der Waals surface area contributed by atoms with Crippen molar-refractivity contribution in [3.05, 3.63) is 22.5 Å². The molecule has 0 saturated heterocycles. The molecule has 30 heavy (non-hydrogen) atoms. The van der Waals surface area contributed by atoms with E-state index in [1.165, 1.54) is 0 Å². The average Bonchev–Trinajstić information content (AvgIpc) is 2.65. The Hall–Kier alpha value is -2.84. The van der Waals surface area contributed by atoms with E-state index < -0.39 is 36.3 Å².